The number of fused-ring (bicyclic) bond motifs is 2. The quantitative estimate of drug-likeness (QED) is 0.630. The molecule has 0 saturated carbocycles. The highest BCUT2D eigenvalue weighted by molar-refractivity contribution is 5.99. The largest absolute Gasteiger partial charge is 0.504 e. The van der Waals surface area contributed by atoms with Crippen LogP contribution in [0.1, 0.15) is 52.2 Å². The molecule has 1 amide bonds. The molecule has 0 spiro atoms. The maximum atomic E-state index is 13.6. The van der Waals surface area contributed by atoms with Crippen LogP contribution in [-0.2, 0) is 0 Å². The number of rotatable bonds is 6. The number of carbonyl (C=O) groups excluding carboxylic acids is 1. The molecule has 1 atom stereocenters. The summed E-state index contributed by atoms with van der Waals surface area (Å²) in [6.07, 6.45) is 0.360. The van der Waals surface area contributed by atoms with Gasteiger partial charge in [0.2, 0.25) is 5.76 Å². The SMILES string of the molecule is CCOc1cc([C@@H]2c3c(oc4c(C)cc(C)cc4c3=O)C(=O)N2CCCO)ccc1O. The van der Waals surface area contributed by atoms with Crippen LogP contribution in [0.25, 0.3) is 11.0 Å². The van der Waals surface area contributed by atoms with Gasteiger partial charge in [-0.3, -0.25) is 9.59 Å². The van der Waals surface area contributed by atoms with Gasteiger partial charge in [-0.15, -0.1) is 0 Å². The number of benzene rings is 2. The van der Waals surface area contributed by atoms with E-state index in [9.17, 15) is 19.8 Å². The third-order valence-corrected chi connectivity index (χ3v) is 5.55. The number of nitrogens with zero attached hydrogens (tertiary/aromatic N) is 1. The van der Waals surface area contributed by atoms with Crippen molar-refractivity contribution < 1.29 is 24.2 Å². The smallest absolute Gasteiger partial charge is 0.290 e. The Morgan fingerprint density at radius 3 is 2.65 bits per heavy atom. The molecule has 162 valence electrons. The molecule has 2 aromatic carbocycles. The lowest BCUT2D eigenvalue weighted by molar-refractivity contribution is 0.0716. The molecule has 0 aliphatic carbocycles. The lowest BCUT2D eigenvalue weighted by Gasteiger charge is -2.25. The molecule has 0 saturated heterocycles. The van der Waals surface area contributed by atoms with Crippen molar-refractivity contribution in [2.24, 2.45) is 0 Å². The number of phenolic OH excluding ortho intramolecular Hbond substituents is 1. The standard InChI is InChI=1S/C24H25NO6/c1-4-30-18-12-15(6-7-17(18)27)20-19-21(28)16-11-13(2)10-14(3)22(16)31-23(19)24(29)25(20)8-5-9-26/h6-7,10-12,20,26-27H,4-5,8-9H2,1-3H3/t20-/m1/s1. The number of aryl methyl sites for hydroxylation is 2. The molecular weight excluding hydrogens is 398 g/mol. The molecule has 1 aliphatic rings. The van der Waals surface area contributed by atoms with Crippen LogP contribution in [-0.4, -0.2) is 40.8 Å². The Balaban J connectivity index is 1.98. The van der Waals surface area contributed by atoms with Crippen molar-refractivity contribution in [3.05, 3.63) is 68.6 Å². The van der Waals surface area contributed by atoms with Gasteiger partial charge < -0.3 is 24.3 Å². The van der Waals surface area contributed by atoms with E-state index >= 15 is 0 Å². The topological polar surface area (TPSA) is 100 Å². The van der Waals surface area contributed by atoms with Crippen LogP contribution in [0, 0.1) is 13.8 Å². The summed E-state index contributed by atoms with van der Waals surface area (Å²) in [4.78, 5) is 28.4. The first-order valence-corrected chi connectivity index (χ1v) is 10.3. The molecule has 0 unspecified atom stereocenters. The van der Waals surface area contributed by atoms with Gasteiger partial charge in [-0.05, 0) is 62.1 Å². The molecule has 1 aromatic heterocycles. The third kappa shape index (κ3) is 3.45. The van der Waals surface area contributed by atoms with Crippen LogP contribution in [0.15, 0.2) is 39.5 Å². The Labute approximate surface area is 179 Å². The number of aliphatic hydroxyl groups is 1. The molecule has 7 nitrogen and oxygen atoms in total. The Morgan fingerprint density at radius 2 is 1.94 bits per heavy atom. The van der Waals surface area contributed by atoms with Gasteiger partial charge in [0.25, 0.3) is 5.91 Å². The Bertz CT molecular complexity index is 1230. The normalized spacial score (nSPS) is 15.5. The second-order valence-electron chi connectivity index (χ2n) is 7.77. The van der Waals surface area contributed by atoms with Gasteiger partial charge in [0.05, 0.1) is 23.6 Å². The van der Waals surface area contributed by atoms with E-state index in [0.717, 1.165) is 11.1 Å². The van der Waals surface area contributed by atoms with Crippen molar-refractivity contribution >= 4 is 16.9 Å². The summed E-state index contributed by atoms with van der Waals surface area (Å²) in [5, 5.41) is 19.9. The second kappa shape index (κ2) is 8.07. The highest BCUT2D eigenvalue weighted by Crippen LogP contribution is 2.41. The molecule has 0 bridgehead atoms. The zero-order valence-corrected chi connectivity index (χ0v) is 17.8. The molecular formula is C24H25NO6. The molecule has 4 rings (SSSR count). The van der Waals surface area contributed by atoms with Gasteiger partial charge in [-0.2, -0.15) is 0 Å². The van der Waals surface area contributed by atoms with Crippen molar-refractivity contribution in [2.75, 3.05) is 19.8 Å². The van der Waals surface area contributed by atoms with Crippen molar-refractivity contribution in [2.45, 2.75) is 33.2 Å². The van der Waals surface area contributed by atoms with Gasteiger partial charge >= 0.3 is 0 Å². The first-order valence-electron chi connectivity index (χ1n) is 10.3. The summed E-state index contributed by atoms with van der Waals surface area (Å²) < 4.78 is 11.5. The van der Waals surface area contributed by atoms with E-state index < -0.39 is 11.9 Å². The average Bonchev–Trinajstić information content (AvgIpc) is 3.01. The number of ether oxygens (including phenoxy) is 1. The molecule has 31 heavy (non-hydrogen) atoms. The fourth-order valence-corrected chi connectivity index (χ4v) is 4.26. The van der Waals surface area contributed by atoms with E-state index in [-0.39, 0.29) is 41.4 Å². The van der Waals surface area contributed by atoms with Gasteiger partial charge in [-0.25, -0.2) is 0 Å². The van der Waals surface area contributed by atoms with Crippen molar-refractivity contribution in [3.8, 4) is 11.5 Å². The number of aliphatic hydroxyl groups excluding tert-OH is 1. The summed E-state index contributed by atoms with van der Waals surface area (Å²) in [5.74, 6) is -0.106. The summed E-state index contributed by atoms with van der Waals surface area (Å²) >= 11 is 0. The fraction of sp³-hybridized carbons (Fsp3) is 0.333. The predicted molar refractivity (Wildman–Crippen MR) is 116 cm³/mol. The first kappa shape index (κ1) is 20.9. The van der Waals surface area contributed by atoms with Crippen molar-refractivity contribution in [1.29, 1.82) is 0 Å². The zero-order chi connectivity index (χ0) is 22.3. The van der Waals surface area contributed by atoms with E-state index in [2.05, 4.69) is 0 Å². The van der Waals surface area contributed by atoms with Crippen LogP contribution in [0.2, 0.25) is 0 Å². The molecule has 2 N–H and O–H groups in total. The van der Waals surface area contributed by atoms with Crippen molar-refractivity contribution in [1.82, 2.24) is 4.90 Å². The minimum Gasteiger partial charge on any atom is -0.504 e. The fourth-order valence-electron chi connectivity index (χ4n) is 4.26. The highest BCUT2D eigenvalue weighted by Gasteiger charge is 2.42. The molecule has 0 fully saturated rings. The lowest BCUT2D eigenvalue weighted by Crippen LogP contribution is -2.31. The maximum absolute atomic E-state index is 13.6. The van der Waals surface area contributed by atoms with Gasteiger partial charge in [0.15, 0.2) is 16.9 Å². The Hall–Kier alpha value is -3.32. The average molecular weight is 423 g/mol. The molecule has 2 heterocycles. The minimum absolute atomic E-state index is 0.0196. The number of hydrogen-bond acceptors (Lipinski definition) is 6. The highest BCUT2D eigenvalue weighted by atomic mass is 16.5. The van der Waals surface area contributed by atoms with Crippen LogP contribution < -0.4 is 10.2 Å². The zero-order valence-electron chi connectivity index (χ0n) is 17.8. The molecule has 1 aliphatic heterocycles. The van der Waals surface area contributed by atoms with E-state index in [0.29, 0.717) is 29.6 Å². The first-order chi connectivity index (χ1) is 14.9. The number of carbonyl (C=O) groups is 1. The van der Waals surface area contributed by atoms with E-state index in [1.165, 1.54) is 11.0 Å². The van der Waals surface area contributed by atoms with E-state index in [1.54, 1.807) is 25.1 Å². The van der Waals surface area contributed by atoms with E-state index in [4.69, 9.17) is 9.15 Å². The van der Waals surface area contributed by atoms with Crippen LogP contribution in [0.4, 0.5) is 0 Å². The Morgan fingerprint density at radius 1 is 1.16 bits per heavy atom. The summed E-state index contributed by atoms with van der Waals surface area (Å²) in [6, 6.07) is 7.78. The van der Waals surface area contributed by atoms with Crippen molar-refractivity contribution in [3.63, 3.8) is 0 Å². The van der Waals surface area contributed by atoms with Gasteiger partial charge in [-0.1, -0.05) is 12.1 Å². The lowest BCUT2D eigenvalue weighted by atomic mass is 9.97. The van der Waals surface area contributed by atoms with E-state index in [1.807, 2.05) is 19.9 Å². The number of amides is 1. The van der Waals surface area contributed by atoms with Crippen LogP contribution >= 0.6 is 0 Å². The number of phenols is 1. The minimum atomic E-state index is -0.699. The molecule has 3 aromatic rings. The van der Waals surface area contributed by atoms with Crippen LogP contribution in [0.5, 0.6) is 11.5 Å². The van der Waals surface area contributed by atoms with Crippen LogP contribution in [0.3, 0.4) is 0 Å². The van der Waals surface area contributed by atoms with Gasteiger partial charge in [0, 0.05) is 13.2 Å². The van der Waals surface area contributed by atoms with Gasteiger partial charge in [0.1, 0.15) is 5.58 Å². The molecule has 0 radical (unpaired) electrons. The maximum Gasteiger partial charge on any atom is 0.290 e. The second-order valence-corrected chi connectivity index (χ2v) is 7.77. The third-order valence-electron chi connectivity index (χ3n) is 5.55. The predicted octanol–water partition coefficient (Wildman–Crippen LogP) is 3.44. The number of aromatic hydroxyl groups is 1. The monoisotopic (exact) mass is 423 g/mol. The summed E-state index contributed by atoms with van der Waals surface area (Å²) in [6.45, 7) is 6.08. The summed E-state index contributed by atoms with van der Waals surface area (Å²) in [5.41, 5.74) is 2.77. The summed E-state index contributed by atoms with van der Waals surface area (Å²) in [7, 11) is 0. The number of hydrogen-bond donors (Lipinski definition) is 2. The Kier molecular flexibility index (Phi) is 5.45. The molecule has 7 heteroatoms.